The van der Waals surface area contributed by atoms with Gasteiger partial charge < -0.3 is 9.80 Å². The minimum atomic E-state index is 0.157. The number of piperazine rings is 1. The predicted octanol–water partition coefficient (Wildman–Crippen LogP) is 3.78. The third-order valence-corrected chi connectivity index (χ3v) is 6.29. The summed E-state index contributed by atoms with van der Waals surface area (Å²) in [5, 5.41) is 0. The Balaban J connectivity index is 1.37. The molecule has 0 unspecified atom stereocenters. The van der Waals surface area contributed by atoms with Gasteiger partial charge in [0.1, 0.15) is 0 Å². The summed E-state index contributed by atoms with van der Waals surface area (Å²) in [5.41, 5.74) is 2.48. The summed E-state index contributed by atoms with van der Waals surface area (Å²) in [7, 11) is 0. The third-order valence-electron chi connectivity index (χ3n) is 5.13. The molecule has 3 rings (SSSR count). The SMILES string of the molecule is Cc1ccccc1SCC(=O)N1CCN(C(=O)CCCc2ccccc2)CC1. The van der Waals surface area contributed by atoms with E-state index in [4.69, 9.17) is 0 Å². The number of hydrogen-bond acceptors (Lipinski definition) is 3. The fourth-order valence-electron chi connectivity index (χ4n) is 3.40. The molecular formula is C23H28N2O2S. The van der Waals surface area contributed by atoms with E-state index in [9.17, 15) is 9.59 Å². The van der Waals surface area contributed by atoms with Crippen molar-refractivity contribution in [1.82, 2.24) is 9.80 Å². The van der Waals surface area contributed by atoms with Gasteiger partial charge >= 0.3 is 0 Å². The van der Waals surface area contributed by atoms with E-state index in [1.807, 2.05) is 40.1 Å². The topological polar surface area (TPSA) is 40.6 Å². The molecule has 2 aromatic rings. The Bertz CT molecular complexity index is 786. The van der Waals surface area contributed by atoms with Crippen LogP contribution in [0.15, 0.2) is 59.5 Å². The van der Waals surface area contributed by atoms with Crippen molar-refractivity contribution in [3.8, 4) is 0 Å². The average Bonchev–Trinajstić information content (AvgIpc) is 2.74. The van der Waals surface area contributed by atoms with E-state index in [2.05, 4.69) is 31.2 Å². The van der Waals surface area contributed by atoms with Crippen LogP contribution in [0.4, 0.5) is 0 Å². The molecule has 0 bridgehead atoms. The van der Waals surface area contributed by atoms with E-state index in [0.717, 1.165) is 17.7 Å². The van der Waals surface area contributed by atoms with Crippen LogP contribution >= 0.6 is 11.8 Å². The second kappa shape index (κ2) is 10.3. The van der Waals surface area contributed by atoms with Gasteiger partial charge in [-0.1, -0.05) is 48.5 Å². The van der Waals surface area contributed by atoms with Gasteiger partial charge in [0, 0.05) is 37.5 Å². The van der Waals surface area contributed by atoms with Crippen molar-refractivity contribution in [2.45, 2.75) is 31.1 Å². The van der Waals surface area contributed by atoms with Crippen LogP contribution in [0.2, 0.25) is 0 Å². The molecule has 0 aromatic heterocycles. The van der Waals surface area contributed by atoms with Crippen LogP contribution in [-0.2, 0) is 16.0 Å². The lowest BCUT2D eigenvalue weighted by molar-refractivity contribution is -0.138. The Morgan fingerprint density at radius 1 is 0.857 bits per heavy atom. The van der Waals surface area contributed by atoms with Gasteiger partial charge in [0.25, 0.3) is 0 Å². The summed E-state index contributed by atoms with van der Waals surface area (Å²) >= 11 is 1.59. The Labute approximate surface area is 171 Å². The first-order valence-corrected chi connectivity index (χ1v) is 10.9. The van der Waals surface area contributed by atoms with E-state index >= 15 is 0 Å². The van der Waals surface area contributed by atoms with Gasteiger partial charge in [-0.05, 0) is 37.0 Å². The molecule has 0 aliphatic carbocycles. The van der Waals surface area contributed by atoms with Crippen molar-refractivity contribution in [3.63, 3.8) is 0 Å². The molecule has 0 spiro atoms. The molecule has 4 nitrogen and oxygen atoms in total. The molecule has 0 radical (unpaired) electrons. The van der Waals surface area contributed by atoms with Gasteiger partial charge in [0.15, 0.2) is 0 Å². The number of carbonyl (C=O) groups is 2. The molecule has 2 amide bonds. The number of hydrogen-bond donors (Lipinski definition) is 0. The van der Waals surface area contributed by atoms with Crippen molar-refractivity contribution in [1.29, 1.82) is 0 Å². The molecule has 5 heteroatoms. The van der Waals surface area contributed by atoms with Gasteiger partial charge in [-0.25, -0.2) is 0 Å². The van der Waals surface area contributed by atoms with Crippen molar-refractivity contribution in [2.24, 2.45) is 0 Å². The van der Waals surface area contributed by atoms with Gasteiger partial charge in [-0.3, -0.25) is 9.59 Å². The van der Waals surface area contributed by atoms with Crippen LogP contribution in [0.1, 0.15) is 24.0 Å². The van der Waals surface area contributed by atoms with Crippen LogP contribution < -0.4 is 0 Å². The molecule has 2 aromatic carbocycles. The van der Waals surface area contributed by atoms with Gasteiger partial charge in [-0.15, -0.1) is 11.8 Å². The maximum atomic E-state index is 12.5. The molecule has 0 N–H and O–H groups in total. The molecule has 1 aliphatic heterocycles. The third kappa shape index (κ3) is 5.86. The second-order valence-electron chi connectivity index (χ2n) is 7.15. The molecule has 1 fully saturated rings. The van der Waals surface area contributed by atoms with Crippen LogP contribution in [-0.4, -0.2) is 53.5 Å². The zero-order valence-electron chi connectivity index (χ0n) is 16.5. The highest BCUT2D eigenvalue weighted by molar-refractivity contribution is 8.00. The zero-order chi connectivity index (χ0) is 19.8. The summed E-state index contributed by atoms with van der Waals surface area (Å²) in [5.74, 6) is 0.817. The second-order valence-corrected chi connectivity index (χ2v) is 8.17. The molecule has 0 saturated carbocycles. The summed E-state index contributed by atoms with van der Waals surface area (Å²) in [6, 6.07) is 18.4. The quantitative estimate of drug-likeness (QED) is 0.669. The maximum absolute atomic E-state index is 12.5. The molecular weight excluding hydrogens is 368 g/mol. The van der Waals surface area contributed by atoms with E-state index in [0.29, 0.717) is 38.4 Å². The normalized spacial score (nSPS) is 14.2. The number of amides is 2. The number of benzene rings is 2. The maximum Gasteiger partial charge on any atom is 0.233 e. The van der Waals surface area contributed by atoms with Crippen molar-refractivity contribution in [3.05, 3.63) is 65.7 Å². The van der Waals surface area contributed by atoms with Crippen molar-refractivity contribution in [2.75, 3.05) is 31.9 Å². The van der Waals surface area contributed by atoms with Crippen LogP contribution in [0.5, 0.6) is 0 Å². The fraction of sp³-hybridized carbons (Fsp3) is 0.391. The monoisotopic (exact) mass is 396 g/mol. The van der Waals surface area contributed by atoms with Gasteiger partial charge in [0.2, 0.25) is 11.8 Å². The highest BCUT2D eigenvalue weighted by atomic mass is 32.2. The molecule has 1 heterocycles. The highest BCUT2D eigenvalue weighted by Gasteiger charge is 2.23. The standard InChI is InChI=1S/C23H28N2O2S/c1-19-8-5-6-12-21(19)28-18-23(27)25-16-14-24(15-17-25)22(26)13-7-11-20-9-3-2-4-10-20/h2-6,8-10,12H,7,11,13-18H2,1H3. The lowest BCUT2D eigenvalue weighted by Gasteiger charge is -2.35. The Morgan fingerprint density at radius 2 is 1.46 bits per heavy atom. The summed E-state index contributed by atoms with van der Waals surface area (Å²) in [4.78, 5) is 29.9. The van der Waals surface area contributed by atoms with E-state index in [-0.39, 0.29) is 11.8 Å². The minimum absolute atomic E-state index is 0.157. The Morgan fingerprint density at radius 3 is 2.14 bits per heavy atom. The van der Waals surface area contributed by atoms with E-state index in [1.165, 1.54) is 11.1 Å². The number of aryl methyl sites for hydroxylation is 2. The summed E-state index contributed by atoms with van der Waals surface area (Å²) in [6.07, 6.45) is 2.38. The van der Waals surface area contributed by atoms with Crippen molar-refractivity contribution < 1.29 is 9.59 Å². The smallest absolute Gasteiger partial charge is 0.233 e. The molecule has 148 valence electrons. The lowest BCUT2D eigenvalue weighted by atomic mass is 10.1. The first-order valence-electron chi connectivity index (χ1n) is 9.91. The lowest BCUT2D eigenvalue weighted by Crippen LogP contribution is -2.51. The Hall–Kier alpha value is -2.27. The Kier molecular flexibility index (Phi) is 7.54. The summed E-state index contributed by atoms with van der Waals surface area (Å²) < 4.78 is 0. The van der Waals surface area contributed by atoms with Crippen LogP contribution in [0.25, 0.3) is 0 Å². The number of thioether (sulfide) groups is 1. The highest BCUT2D eigenvalue weighted by Crippen LogP contribution is 2.22. The fourth-order valence-corrected chi connectivity index (χ4v) is 4.33. The first kappa shape index (κ1) is 20.5. The number of rotatable bonds is 7. The van der Waals surface area contributed by atoms with Gasteiger partial charge in [0.05, 0.1) is 5.75 Å². The van der Waals surface area contributed by atoms with Crippen LogP contribution in [0, 0.1) is 6.92 Å². The predicted molar refractivity (Wildman–Crippen MR) is 114 cm³/mol. The summed E-state index contributed by atoms with van der Waals surface area (Å²) in [6.45, 7) is 4.63. The van der Waals surface area contributed by atoms with E-state index < -0.39 is 0 Å². The average molecular weight is 397 g/mol. The molecule has 1 aliphatic rings. The number of nitrogens with zero attached hydrogens (tertiary/aromatic N) is 2. The van der Waals surface area contributed by atoms with E-state index in [1.54, 1.807) is 11.8 Å². The van der Waals surface area contributed by atoms with Crippen LogP contribution in [0.3, 0.4) is 0 Å². The molecule has 0 atom stereocenters. The number of carbonyl (C=O) groups excluding carboxylic acids is 2. The van der Waals surface area contributed by atoms with Crippen molar-refractivity contribution >= 4 is 23.6 Å². The zero-order valence-corrected chi connectivity index (χ0v) is 17.3. The minimum Gasteiger partial charge on any atom is -0.339 e. The molecule has 28 heavy (non-hydrogen) atoms. The largest absolute Gasteiger partial charge is 0.339 e. The van der Waals surface area contributed by atoms with Gasteiger partial charge in [-0.2, -0.15) is 0 Å². The first-order chi connectivity index (χ1) is 13.6. The molecule has 1 saturated heterocycles.